The number of ether oxygens (including phenoxy) is 2. The highest BCUT2D eigenvalue weighted by Gasteiger charge is 2.49. The molecule has 0 aliphatic carbocycles. The summed E-state index contributed by atoms with van der Waals surface area (Å²) in [5, 5.41) is 1.87. The van der Waals surface area contributed by atoms with E-state index in [1.165, 1.54) is 29.5 Å². The van der Waals surface area contributed by atoms with Crippen LogP contribution in [-0.4, -0.2) is 48.7 Å². The molecule has 6 rings (SSSR count). The maximum atomic E-state index is 13.9. The number of fused-ring (bicyclic) bond motifs is 3. The first-order valence-electron chi connectivity index (χ1n) is 11.8. The summed E-state index contributed by atoms with van der Waals surface area (Å²) < 4.78 is 53.6. The third-order valence-corrected chi connectivity index (χ3v) is 8.03. The van der Waals surface area contributed by atoms with Crippen molar-refractivity contribution in [1.29, 1.82) is 0 Å². The van der Waals surface area contributed by atoms with E-state index in [-0.39, 0.29) is 22.8 Å². The van der Waals surface area contributed by atoms with Gasteiger partial charge in [0.15, 0.2) is 12.2 Å². The fourth-order valence-electron chi connectivity index (χ4n) is 5.37. The zero-order valence-electron chi connectivity index (χ0n) is 19.4. The topological polar surface area (TPSA) is 52.6 Å². The van der Waals surface area contributed by atoms with E-state index in [2.05, 4.69) is 0 Å². The monoisotopic (exact) mass is 516 g/mol. The Bertz CT molecular complexity index is 1240. The van der Waals surface area contributed by atoms with E-state index in [1.54, 1.807) is 0 Å². The summed E-state index contributed by atoms with van der Waals surface area (Å²) in [5.74, 6) is -2.05. The van der Waals surface area contributed by atoms with Gasteiger partial charge in [0.25, 0.3) is 0 Å². The highest BCUT2D eigenvalue weighted by molar-refractivity contribution is 7.12. The first kappa shape index (κ1) is 24.5. The maximum Gasteiger partial charge on any atom is 0.509 e. The van der Waals surface area contributed by atoms with Gasteiger partial charge in [0.1, 0.15) is 30.5 Å². The van der Waals surface area contributed by atoms with Crippen LogP contribution in [0.1, 0.15) is 39.7 Å². The first-order chi connectivity index (χ1) is 17.3. The number of nitrogens with zero attached hydrogens (tertiary/aromatic N) is 1. The Morgan fingerprint density at radius 2 is 1.67 bits per heavy atom. The lowest BCUT2D eigenvalue weighted by Gasteiger charge is -2.51. The largest absolute Gasteiger partial charge is 0.509 e. The van der Waals surface area contributed by atoms with E-state index in [0.717, 1.165) is 44.1 Å². The van der Waals surface area contributed by atoms with Crippen molar-refractivity contribution in [2.45, 2.75) is 25.0 Å². The molecule has 0 radical (unpaired) electrons. The van der Waals surface area contributed by atoms with E-state index in [0.29, 0.717) is 28.5 Å². The summed E-state index contributed by atoms with van der Waals surface area (Å²) >= 11 is 1.41. The average Bonchev–Trinajstić information content (AvgIpc) is 3.38. The quantitative estimate of drug-likeness (QED) is 0.223. The average molecular weight is 517 g/mol. The van der Waals surface area contributed by atoms with Crippen molar-refractivity contribution < 1.29 is 36.7 Å². The Morgan fingerprint density at radius 3 is 2.33 bits per heavy atom. The summed E-state index contributed by atoms with van der Waals surface area (Å²) in [6.07, 6.45) is -1.08. The van der Waals surface area contributed by atoms with Crippen LogP contribution in [0, 0.1) is 23.4 Å². The molecule has 0 N–H and O–H groups in total. The van der Waals surface area contributed by atoms with E-state index >= 15 is 0 Å². The van der Waals surface area contributed by atoms with E-state index in [4.69, 9.17) is 9.47 Å². The van der Waals surface area contributed by atoms with Gasteiger partial charge in [-0.1, -0.05) is 18.2 Å². The van der Waals surface area contributed by atoms with E-state index in [9.17, 15) is 22.8 Å². The van der Waals surface area contributed by atoms with Crippen LogP contribution in [0.25, 0.3) is 0 Å². The number of Topliss-reactive ketones (excluding diaryl/α,β-unsaturated/α-hetero) is 1. The standard InChI is InChI=1S/C27H25F3NO4S/c28-20-4-1-3-18(11-20)26(19-12-21(29)14-22(30)13-19)35-27(33)34-24-16-31(8-6-17(24)7-9-31)15-23(32)25-5-2-10-36-25/h1-5,10-14,17,24,26H,6-9,15-16H2/q+1. The van der Waals surface area contributed by atoms with E-state index < -0.39 is 35.8 Å². The molecule has 1 aromatic heterocycles. The predicted octanol–water partition coefficient (Wildman–Crippen LogP) is 5.90. The molecule has 36 heavy (non-hydrogen) atoms. The number of piperidine rings is 3. The lowest BCUT2D eigenvalue weighted by Crippen LogP contribution is -2.65. The second kappa shape index (κ2) is 10.1. The molecule has 0 amide bonds. The highest BCUT2D eigenvalue weighted by Crippen LogP contribution is 2.37. The summed E-state index contributed by atoms with van der Waals surface area (Å²) in [5.41, 5.74) is 0.241. The molecule has 188 valence electrons. The van der Waals surface area contributed by atoms with Gasteiger partial charge in [0.2, 0.25) is 5.78 Å². The smallest absolute Gasteiger partial charge is 0.425 e. The number of ketones is 1. The second-order valence-electron chi connectivity index (χ2n) is 9.53. The molecule has 3 aliphatic rings. The van der Waals surface area contributed by atoms with Crippen LogP contribution in [0.3, 0.4) is 0 Å². The van der Waals surface area contributed by atoms with E-state index in [1.807, 2.05) is 17.5 Å². The molecule has 2 unspecified atom stereocenters. The van der Waals surface area contributed by atoms with Gasteiger partial charge in [0, 0.05) is 36.0 Å². The zero-order chi connectivity index (χ0) is 25.3. The summed E-state index contributed by atoms with van der Waals surface area (Å²) in [6, 6.07) is 11.7. The van der Waals surface area contributed by atoms with Crippen molar-refractivity contribution in [2.24, 2.45) is 5.92 Å². The van der Waals surface area contributed by atoms with Crippen LogP contribution in [0.2, 0.25) is 0 Å². The molecule has 9 heteroatoms. The normalized spacial score (nSPS) is 23.8. The van der Waals surface area contributed by atoms with Gasteiger partial charge in [-0.2, -0.15) is 0 Å². The summed E-state index contributed by atoms with van der Waals surface area (Å²) in [4.78, 5) is 26.4. The number of hydrogen-bond acceptors (Lipinski definition) is 5. The fraction of sp³-hybridized carbons (Fsp3) is 0.333. The van der Waals surface area contributed by atoms with Crippen LogP contribution in [-0.2, 0) is 9.47 Å². The number of carbonyl (C=O) groups is 2. The van der Waals surface area contributed by atoms with Crippen molar-refractivity contribution in [2.75, 3.05) is 26.2 Å². The maximum absolute atomic E-state index is 13.9. The second-order valence-corrected chi connectivity index (χ2v) is 10.5. The molecule has 4 heterocycles. The molecular formula is C27H25F3NO4S+. The van der Waals surface area contributed by atoms with Crippen molar-refractivity contribution in [3.05, 3.63) is 93.4 Å². The third-order valence-electron chi connectivity index (χ3n) is 7.12. The van der Waals surface area contributed by atoms with Gasteiger partial charge in [-0.05, 0) is 35.7 Å². The minimum Gasteiger partial charge on any atom is -0.425 e. The number of quaternary nitrogens is 1. The van der Waals surface area contributed by atoms with Gasteiger partial charge >= 0.3 is 6.16 Å². The number of benzene rings is 2. The molecule has 3 saturated heterocycles. The molecule has 2 atom stereocenters. The minimum atomic E-state index is -1.26. The van der Waals surface area contributed by atoms with Crippen LogP contribution in [0.4, 0.5) is 18.0 Å². The Kier molecular flexibility index (Phi) is 6.85. The Balaban J connectivity index is 1.32. The molecule has 3 fully saturated rings. The van der Waals surface area contributed by atoms with Gasteiger partial charge < -0.3 is 14.0 Å². The Morgan fingerprint density at radius 1 is 0.944 bits per heavy atom. The highest BCUT2D eigenvalue weighted by atomic mass is 32.1. The van der Waals surface area contributed by atoms with Gasteiger partial charge in [-0.3, -0.25) is 4.79 Å². The Hall–Kier alpha value is -3.17. The van der Waals surface area contributed by atoms with Gasteiger partial charge in [-0.15, -0.1) is 11.3 Å². The molecule has 2 bridgehead atoms. The lowest BCUT2D eigenvalue weighted by molar-refractivity contribution is -0.938. The lowest BCUT2D eigenvalue weighted by atomic mass is 9.83. The molecule has 5 nitrogen and oxygen atoms in total. The zero-order valence-corrected chi connectivity index (χ0v) is 20.2. The summed E-state index contributed by atoms with van der Waals surface area (Å²) in [6.45, 7) is 2.52. The molecule has 0 saturated carbocycles. The van der Waals surface area contributed by atoms with Crippen molar-refractivity contribution >= 4 is 23.3 Å². The van der Waals surface area contributed by atoms with Crippen molar-refractivity contribution in [3.63, 3.8) is 0 Å². The molecular weight excluding hydrogens is 491 g/mol. The predicted molar refractivity (Wildman–Crippen MR) is 127 cm³/mol. The number of hydrogen-bond donors (Lipinski definition) is 0. The van der Waals surface area contributed by atoms with Crippen molar-refractivity contribution in [1.82, 2.24) is 0 Å². The summed E-state index contributed by atoms with van der Waals surface area (Å²) in [7, 11) is 0. The number of carbonyl (C=O) groups excluding carboxylic acids is 2. The first-order valence-corrected chi connectivity index (χ1v) is 12.7. The number of halogens is 3. The number of rotatable bonds is 7. The Labute approximate surface area is 210 Å². The SMILES string of the molecule is O=C(OC(c1cccc(F)c1)c1cc(F)cc(F)c1)OC1C[N+]2(CC(=O)c3cccs3)CCC1CC2. The van der Waals surface area contributed by atoms with Crippen molar-refractivity contribution in [3.8, 4) is 0 Å². The van der Waals surface area contributed by atoms with Crippen LogP contribution < -0.4 is 0 Å². The van der Waals surface area contributed by atoms with Crippen LogP contribution in [0.5, 0.6) is 0 Å². The van der Waals surface area contributed by atoms with Crippen LogP contribution in [0.15, 0.2) is 60.0 Å². The van der Waals surface area contributed by atoms with Crippen LogP contribution >= 0.6 is 11.3 Å². The third kappa shape index (κ3) is 5.32. The van der Waals surface area contributed by atoms with Gasteiger partial charge in [0.05, 0.1) is 18.0 Å². The fourth-order valence-corrected chi connectivity index (χ4v) is 6.03. The molecule has 0 spiro atoms. The number of thiophene rings is 1. The molecule has 3 aromatic rings. The molecule has 3 aliphatic heterocycles. The molecule has 2 aromatic carbocycles. The minimum absolute atomic E-state index is 0.0222. The van der Waals surface area contributed by atoms with Gasteiger partial charge in [-0.25, -0.2) is 18.0 Å².